The molecular weight excluding hydrogens is 547 g/mol. The van der Waals surface area contributed by atoms with E-state index in [9.17, 15) is 9.90 Å². The molecule has 2 aromatic carbocycles. The number of aliphatic hydroxyl groups excluding tert-OH is 1. The van der Waals surface area contributed by atoms with Gasteiger partial charge in [0.25, 0.3) is 0 Å². The Balaban J connectivity index is 2.09. The maximum Gasteiger partial charge on any atom is 0.227 e. The lowest BCUT2D eigenvalue weighted by molar-refractivity contribution is -0.138. The van der Waals surface area contributed by atoms with E-state index in [0.717, 1.165) is 22.3 Å². The number of nitrogens with zero attached hydrogens (tertiary/aromatic N) is 2. The highest BCUT2D eigenvalue weighted by Gasteiger charge is 2.49. The molecule has 2 aromatic rings. The summed E-state index contributed by atoms with van der Waals surface area (Å²) in [6.07, 6.45) is 0.718. The van der Waals surface area contributed by atoms with Gasteiger partial charge in [0.05, 0.1) is 70.1 Å². The summed E-state index contributed by atoms with van der Waals surface area (Å²) in [6, 6.07) is -1.27. The predicted molar refractivity (Wildman–Crippen MR) is 149 cm³/mol. The molecule has 2 aliphatic heterocycles. The fraction of sp³-hybridized carbons (Fsp3) is 0.536. The number of hydrogen-bond donors (Lipinski definition) is 1. The highest BCUT2D eigenvalue weighted by Crippen LogP contribution is 2.56. The van der Waals surface area contributed by atoms with Crippen LogP contribution in [-0.2, 0) is 17.6 Å². The average Bonchev–Trinajstić information content (AvgIpc) is 3.04. The zero-order valence-electron chi connectivity index (χ0n) is 23.6. The lowest BCUT2D eigenvalue weighted by Crippen LogP contribution is -2.52. The molecule has 39 heavy (non-hydrogen) atoms. The Hall–Kier alpha value is -2.59. The van der Waals surface area contributed by atoms with E-state index < -0.39 is 6.04 Å². The molecule has 1 N–H and O–H groups in total. The Kier molecular flexibility index (Phi) is 8.66. The summed E-state index contributed by atoms with van der Waals surface area (Å²) in [4.78, 5) is 18.2. The molecule has 0 radical (unpaired) electrons. The van der Waals surface area contributed by atoms with Crippen LogP contribution in [0.2, 0.25) is 10.0 Å². The standard InChI is InChI=1S/C28H36Cl2N2O7/c1-13-21(29)14-11-17-23(31(2)3)20-15(25(36-5)28(39-8)27(38-7)22(20)30)12-18(34)32(17)16(9-10-33)19(14)26(37-6)24(13)35-4/h16-17,23,33H,9-12H2,1-8H3/t16-,17-,23?/m0/s1. The Morgan fingerprint density at radius 2 is 1.44 bits per heavy atom. The number of methoxy groups -OCH3 is 5. The van der Waals surface area contributed by atoms with Crippen LogP contribution in [0.15, 0.2) is 0 Å². The molecule has 1 unspecified atom stereocenters. The van der Waals surface area contributed by atoms with Crippen LogP contribution in [0.25, 0.3) is 0 Å². The van der Waals surface area contributed by atoms with Gasteiger partial charge >= 0.3 is 0 Å². The Morgan fingerprint density at radius 1 is 0.846 bits per heavy atom. The Labute approximate surface area is 239 Å². The van der Waals surface area contributed by atoms with Gasteiger partial charge in [-0.15, -0.1) is 0 Å². The van der Waals surface area contributed by atoms with Crippen LogP contribution in [0.4, 0.5) is 0 Å². The number of halogens is 2. The van der Waals surface area contributed by atoms with Crippen LogP contribution >= 0.6 is 23.2 Å². The van der Waals surface area contributed by atoms with E-state index >= 15 is 0 Å². The second kappa shape index (κ2) is 11.5. The van der Waals surface area contributed by atoms with Gasteiger partial charge < -0.3 is 38.6 Å². The van der Waals surface area contributed by atoms with E-state index in [1.54, 1.807) is 14.2 Å². The van der Waals surface area contributed by atoms with Crippen molar-refractivity contribution in [2.75, 3.05) is 56.3 Å². The quantitative estimate of drug-likeness (QED) is 0.490. The van der Waals surface area contributed by atoms with Crippen LogP contribution in [-0.4, -0.2) is 83.1 Å². The van der Waals surface area contributed by atoms with Crippen LogP contribution in [0.3, 0.4) is 0 Å². The van der Waals surface area contributed by atoms with Crippen molar-refractivity contribution in [2.45, 2.75) is 44.3 Å². The molecule has 9 nitrogen and oxygen atoms in total. The van der Waals surface area contributed by atoms with E-state index in [-0.39, 0.29) is 37.4 Å². The van der Waals surface area contributed by atoms with Gasteiger partial charge in [-0.2, -0.15) is 0 Å². The van der Waals surface area contributed by atoms with Gasteiger partial charge in [0.2, 0.25) is 11.7 Å². The SMILES string of the molecule is COc1c(C)c(Cl)c2c(c1OC)[C@H](CCO)N1C(=O)Cc3c(OC)c(OC)c(OC)c(Cl)c3C(N(C)C)[C@@H]1C2. The molecule has 2 heterocycles. The van der Waals surface area contributed by atoms with Crippen molar-refractivity contribution < 1.29 is 33.6 Å². The molecule has 1 amide bonds. The number of fused-ring (bicyclic) bond motifs is 3. The summed E-state index contributed by atoms with van der Waals surface area (Å²) in [6.45, 7) is 1.73. The molecular formula is C28H36Cl2N2O7. The first-order valence-corrected chi connectivity index (χ1v) is 13.4. The average molecular weight is 584 g/mol. The topological polar surface area (TPSA) is 89.9 Å². The molecule has 3 atom stereocenters. The second-order valence-electron chi connectivity index (χ2n) is 9.89. The number of benzene rings is 2. The third kappa shape index (κ3) is 4.43. The van der Waals surface area contributed by atoms with Crippen molar-refractivity contribution in [3.05, 3.63) is 37.9 Å². The highest BCUT2D eigenvalue weighted by molar-refractivity contribution is 6.33. The zero-order valence-corrected chi connectivity index (χ0v) is 25.1. The molecule has 4 rings (SSSR count). The van der Waals surface area contributed by atoms with Gasteiger partial charge in [0.1, 0.15) is 0 Å². The number of carbonyl (C=O) groups excluding carboxylic acids is 1. The number of rotatable bonds is 8. The van der Waals surface area contributed by atoms with Crippen molar-refractivity contribution >= 4 is 29.1 Å². The third-order valence-electron chi connectivity index (χ3n) is 7.85. The molecule has 0 spiro atoms. The van der Waals surface area contributed by atoms with Crippen molar-refractivity contribution in [3.63, 3.8) is 0 Å². The number of aliphatic hydroxyl groups is 1. The maximum absolute atomic E-state index is 14.3. The summed E-state index contributed by atoms with van der Waals surface area (Å²) in [5, 5.41) is 11.1. The first kappa shape index (κ1) is 29.4. The summed E-state index contributed by atoms with van der Waals surface area (Å²) in [7, 11) is 11.6. The molecule has 0 bridgehead atoms. The van der Waals surface area contributed by atoms with Crippen molar-refractivity contribution in [1.82, 2.24) is 9.80 Å². The van der Waals surface area contributed by atoms with Crippen molar-refractivity contribution in [3.8, 4) is 28.7 Å². The Bertz CT molecular complexity index is 1280. The fourth-order valence-corrected chi connectivity index (χ4v) is 7.06. The molecule has 214 valence electrons. The summed E-state index contributed by atoms with van der Waals surface area (Å²) < 4.78 is 28.7. The molecule has 11 heteroatoms. The van der Waals surface area contributed by atoms with Gasteiger partial charge in [-0.05, 0) is 39.4 Å². The van der Waals surface area contributed by atoms with Crippen LogP contribution in [0.1, 0.15) is 46.3 Å². The number of likely N-dealkylation sites (N-methyl/N-ethyl adjacent to an activating group) is 1. The third-order valence-corrected chi connectivity index (χ3v) is 8.74. The van der Waals surface area contributed by atoms with Gasteiger partial charge in [-0.1, -0.05) is 23.2 Å². The minimum absolute atomic E-state index is 0.00965. The lowest BCUT2D eigenvalue weighted by Gasteiger charge is -2.47. The zero-order chi connectivity index (χ0) is 28.8. The molecule has 0 aromatic heterocycles. The summed E-state index contributed by atoms with van der Waals surface area (Å²) in [5.74, 6) is 1.95. The van der Waals surface area contributed by atoms with Crippen LogP contribution in [0.5, 0.6) is 28.7 Å². The van der Waals surface area contributed by atoms with E-state index in [1.807, 2.05) is 30.8 Å². The van der Waals surface area contributed by atoms with Crippen LogP contribution < -0.4 is 23.7 Å². The van der Waals surface area contributed by atoms with E-state index in [1.165, 1.54) is 21.3 Å². The fourth-order valence-electron chi connectivity index (χ4n) is 6.40. The largest absolute Gasteiger partial charge is 0.493 e. The number of ether oxygens (including phenoxy) is 5. The van der Waals surface area contributed by atoms with Crippen molar-refractivity contribution in [2.24, 2.45) is 0 Å². The van der Waals surface area contributed by atoms with E-state index in [0.29, 0.717) is 50.8 Å². The lowest BCUT2D eigenvalue weighted by atomic mass is 9.80. The summed E-state index contributed by atoms with van der Waals surface area (Å²) >= 11 is 14.0. The van der Waals surface area contributed by atoms with Gasteiger partial charge in [0, 0.05) is 28.9 Å². The molecule has 0 aliphatic carbocycles. The van der Waals surface area contributed by atoms with Gasteiger partial charge in [-0.3, -0.25) is 4.79 Å². The van der Waals surface area contributed by atoms with E-state index in [2.05, 4.69) is 0 Å². The maximum atomic E-state index is 14.3. The van der Waals surface area contributed by atoms with E-state index in [4.69, 9.17) is 46.9 Å². The van der Waals surface area contributed by atoms with Gasteiger partial charge in [0.15, 0.2) is 23.0 Å². The number of amides is 1. The smallest absolute Gasteiger partial charge is 0.227 e. The molecule has 0 saturated carbocycles. The normalized spacial score (nSPS) is 20.2. The number of hydrogen-bond acceptors (Lipinski definition) is 8. The highest BCUT2D eigenvalue weighted by atomic mass is 35.5. The van der Waals surface area contributed by atoms with Crippen LogP contribution in [0, 0.1) is 6.92 Å². The molecule has 0 fully saturated rings. The predicted octanol–water partition coefficient (Wildman–Crippen LogP) is 4.38. The van der Waals surface area contributed by atoms with Crippen molar-refractivity contribution in [1.29, 1.82) is 0 Å². The Morgan fingerprint density at radius 3 is 1.95 bits per heavy atom. The number of carbonyl (C=O) groups is 1. The molecule has 2 aliphatic rings. The first-order valence-electron chi connectivity index (χ1n) is 12.6. The minimum Gasteiger partial charge on any atom is -0.493 e. The minimum atomic E-state index is -0.525. The van der Waals surface area contributed by atoms with Gasteiger partial charge in [-0.25, -0.2) is 0 Å². The monoisotopic (exact) mass is 582 g/mol. The first-order chi connectivity index (χ1) is 18.6. The molecule has 0 saturated heterocycles. The summed E-state index contributed by atoms with van der Waals surface area (Å²) in [5.41, 5.74) is 3.73. The second-order valence-corrected chi connectivity index (χ2v) is 10.6.